The molecule has 0 unspecified atom stereocenters. The largest absolute Gasteiger partial charge is 0.493 e. The van der Waals surface area contributed by atoms with Gasteiger partial charge in [0.15, 0.2) is 11.5 Å². The molecule has 1 heterocycles. The molecule has 4 nitrogen and oxygen atoms in total. The van der Waals surface area contributed by atoms with E-state index >= 15 is 0 Å². The quantitative estimate of drug-likeness (QED) is 0.382. The zero-order valence-corrected chi connectivity index (χ0v) is 16.5. The molecule has 29 heavy (non-hydrogen) atoms. The van der Waals surface area contributed by atoms with Crippen molar-refractivity contribution in [1.82, 2.24) is 9.55 Å². The van der Waals surface area contributed by atoms with Crippen LogP contribution in [0.2, 0.25) is 0 Å². The summed E-state index contributed by atoms with van der Waals surface area (Å²) in [5, 5.41) is 0. The summed E-state index contributed by atoms with van der Waals surface area (Å²) >= 11 is 0. The van der Waals surface area contributed by atoms with Gasteiger partial charge in [0.1, 0.15) is 12.4 Å². The second-order valence-electron chi connectivity index (χ2n) is 6.86. The first-order valence-corrected chi connectivity index (χ1v) is 9.67. The van der Waals surface area contributed by atoms with Gasteiger partial charge in [-0.1, -0.05) is 54.6 Å². The molecule has 0 saturated heterocycles. The van der Waals surface area contributed by atoms with Crippen molar-refractivity contribution in [2.24, 2.45) is 0 Å². The number of hydrogen-bond donors (Lipinski definition) is 0. The highest BCUT2D eigenvalue weighted by Crippen LogP contribution is 2.29. The molecule has 0 saturated carbocycles. The monoisotopic (exact) mass is 384 g/mol. The van der Waals surface area contributed by atoms with Gasteiger partial charge in [-0.3, -0.25) is 0 Å². The van der Waals surface area contributed by atoms with Gasteiger partial charge in [-0.2, -0.15) is 0 Å². The van der Waals surface area contributed by atoms with E-state index in [0.29, 0.717) is 12.4 Å². The van der Waals surface area contributed by atoms with E-state index in [2.05, 4.69) is 41.5 Å². The van der Waals surface area contributed by atoms with Crippen molar-refractivity contribution >= 4 is 11.0 Å². The number of nitrogens with zero attached hydrogens (tertiary/aromatic N) is 2. The highest BCUT2D eigenvalue weighted by Gasteiger charge is 2.13. The summed E-state index contributed by atoms with van der Waals surface area (Å²) in [6.45, 7) is 4.90. The Morgan fingerprint density at radius 3 is 2.52 bits per heavy atom. The van der Waals surface area contributed by atoms with E-state index in [0.717, 1.165) is 41.1 Å². The van der Waals surface area contributed by atoms with E-state index in [9.17, 15) is 0 Å². The summed E-state index contributed by atoms with van der Waals surface area (Å²) in [5.74, 6) is 2.31. The molecule has 0 aliphatic rings. The van der Waals surface area contributed by atoms with E-state index in [-0.39, 0.29) is 0 Å². The SMILES string of the molecule is C=CCc1ccc(OCc2nc3ccccc3n2Cc2ccccc2)c(OC)c1. The second kappa shape index (κ2) is 8.65. The van der Waals surface area contributed by atoms with Gasteiger partial charge in [0.25, 0.3) is 0 Å². The van der Waals surface area contributed by atoms with E-state index in [1.165, 1.54) is 5.56 Å². The normalized spacial score (nSPS) is 10.8. The van der Waals surface area contributed by atoms with Crippen LogP contribution in [0.25, 0.3) is 11.0 Å². The summed E-state index contributed by atoms with van der Waals surface area (Å²) in [7, 11) is 1.66. The Labute approximate surface area is 171 Å². The molecule has 3 aromatic carbocycles. The first-order valence-electron chi connectivity index (χ1n) is 9.67. The van der Waals surface area contributed by atoms with Crippen LogP contribution in [-0.4, -0.2) is 16.7 Å². The number of allylic oxidation sites excluding steroid dienone is 1. The highest BCUT2D eigenvalue weighted by molar-refractivity contribution is 5.76. The molecule has 0 aliphatic carbocycles. The van der Waals surface area contributed by atoms with Gasteiger partial charge in [0.05, 0.1) is 18.1 Å². The molecule has 4 aromatic rings. The molecule has 0 fully saturated rings. The van der Waals surface area contributed by atoms with Crippen LogP contribution in [-0.2, 0) is 19.6 Å². The van der Waals surface area contributed by atoms with Crippen molar-refractivity contribution in [3.63, 3.8) is 0 Å². The Morgan fingerprint density at radius 2 is 1.72 bits per heavy atom. The van der Waals surface area contributed by atoms with Gasteiger partial charge in [-0.25, -0.2) is 4.98 Å². The van der Waals surface area contributed by atoms with Crippen molar-refractivity contribution in [2.45, 2.75) is 19.6 Å². The third-order valence-electron chi connectivity index (χ3n) is 4.88. The third kappa shape index (κ3) is 4.16. The van der Waals surface area contributed by atoms with E-state index in [1.54, 1.807) is 7.11 Å². The smallest absolute Gasteiger partial charge is 0.161 e. The Bertz CT molecular complexity index is 1120. The molecular weight excluding hydrogens is 360 g/mol. The number of hydrogen-bond acceptors (Lipinski definition) is 3. The number of rotatable bonds is 8. The fourth-order valence-corrected chi connectivity index (χ4v) is 3.45. The van der Waals surface area contributed by atoms with Crippen molar-refractivity contribution < 1.29 is 9.47 Å². The van der Waals surface area contributed by atoms with Gasteiger partial charge < -0.3 is 14.0 Å². The average Bonchev–Trinajstić information content (AvgIpc) is 3.11. The number of imidazole rings is 1. The number of aromatic nitrogens is 2. The molecule has 0 N–H and O–H groups in total. The zero-order valence-electron chi connectivity index (χ0n) is 16.5. The zero-order chi connectivity index (χ0) is 20.1. The van der Waals surface area contributed by atoms with E-state index in [4.69, 9.17) is 14.5 Å². The molecule has 0 atom stereocenters. The van der Waals surface area contributed by atoms with Crippen molar-refractivity contribution in [3.8, 4) is 11.5 Å². The molecular formula is C25H24N2O2. The molecule has 0 aliphatic heterocycles. The number of ether oxygens (including phenoxy) is 2. The van der Waals surface area contributed by atoms with Crippen LogP contribution >= 0.6 is 0 Å². The predicted molar refractivity (Wildman–Crippen MR) is 117 cm³/mol. The molecule has 0 radical (unpaired) electrons. The van der Waals surface area contributed by atoms with Crippen LogP contribution in [0.3, 0.4) is 0 Å². The van der Waals surface area contributed by atoms with E-state index < -0.39 is 0 Å². The molecule has 0 amide bonds. The molecule has 0 spiro atoms. The van der Waals surface area contributed by atoms with Crippen molar-refractivity contribution in [1.29, 1.82) is 0 Å². The van der Waals surface area contributed by atoms with Crippen molar-refractivity contribution in [3.05, 3.63) is 102 Å². The third-order valence-corrected chi connectivity index (χ3v) is 4.88. The van der Waals surface area contributed by atoms with E-state index in [1.807, 2.05) is 48.5 Å². The maximum atomic E-state index is 6.12. The van der Waals surface area contributed by atoms with Crippen LogP contribution in [0.1, 0.15) is 17.0 Å². The highest BCUT2D eigenvalue weighted by atomic mass is 16.5. The number of para-hydroxylation sites is 2. The minimum atomic E-state index is 0.360. The van der Waals surface area contributed by atoms with Gasteiger partial charge in [-0.15, -0.1) is 6.58 Å². The molecule has 146 valence electrons. The molecule has 1 aromatic heterocycles. The molecule has 4 rings (SSSR count). The lowest BCUT2D eigenvalue weighted by molar-refractivity contribution is 0.272. The number of fused-ring (bicyclic) bond motifs is 1. The summed E-state index contributed by atoms with van der Waals surface area (Å²) in [6, 6.07) is 24.5. The molecule has 4 heteroatoms. The Morgan fingerprint density at radius 1 is 0.931 bits per heavy atom. The standard InChI is InChI=1S/C25H24N2O2/c1-3-9-19-14-15-23(24(16-19)28-2)29-18-25-26-21-12-7-8-13-22(21)27(25)17-20-10-5-4-6-11-20/h3-8,10-16H,1,9,17-18H2,2H3. The van der Waals surface area contributed by atoms with Crippen LogP contribution in [0.5, 0.6) is 11.5 Å². The predicted octanol–water partition coefficient (Wildman–Crippen LogP) is 5.40. The Kier molecular flexibility index (Phi) is 5.61. The number of methoxy groups -OCH3 is 1. The fourth-order valence-electron chi connectivity index (χ4n) is 3.45. The van der Waals surface area contributed by atoms with Crippen molar-refractivity contribution in [2.75, 3.05) is 7.11 Å². The summed E-state index contributed by atoms with van der Waals surface area (Å²) in [6.07, 6.45) is 2.67. The van der Waals surface area contributed by atoms with Crippen LogP contribution in [0.4, 0.5) is 0 Å². The van der Waals surface area contributed by atoms with Gasteiger partial charge in [0.2, 0.25) is 0 Å². The summed E-state index contributed by atoms with van der Waals surface area (Å²) in [5.41, 5.74) is 4.43. The summed E-state index contributed by atoms with van der Waals surface area (Å²) in [4.78, 5) is 4.81. The van der Waals surface area contributed by atoms with Crippen LogP contribution in [0.15, 0.2) is 85.5 Å². The Hall–Kier alpha value is -3.53. The lowest BCUT2D eigenvalue weighted by Crippen LogP contribution is -2.09. The molecule has 0 bridgehead atoms. The Balaban J connectivity index is 1.63. The topological polar surface area (TPSA) is 36.3 Å². The first kappa shape index (κ1) is 18.8. The summed E-state index contributed by atoms with van der Waals surface area (Å²) < 4.78 is 13.9. The average molecular weight is 384 g/mol. The number of benzene rings is 3. The first-order chi connectivity index (χ1) is 14.3. The second-order valence-corrected chi connectivity index (χ2v) is 6.86. The minimum absolute atomic E-state index is 0.360. The fraction of sp³-hybridized carbons (Fsp3) is 0.160. The van der Waals surface area contributed by atoms with Crippen LogP contribution in [0, 0.1) is 0 Å². The van der Waals surface area contributed by atoms with Gasteiger partial charge in [0, 0.05) is 6.54 Å². The maximum absolute atomic E-state index is 6.12. The van der Waals surface area contributed by atoms with Crippen LogP contribution < -0.4 is 9.47 Å². The van der Waals surface area contributed by atoms with Gasteiger partial charge in [-0.05, 0) is 41.8 Å². The maximum Gasteiger partial charge on any atom is 0.161 e. The lowest BCUT2D eigenvalue weighted by atomic mass is 10.1. The van der Waals surface area contributed by atoms with Gasteiger partial charge >= 0.3 is 0 Å². The lowest BCUT2D eigenvalue weighted by Gasteiger charge is -2.13. The minimum Gasteiger partial charge on any atom is -0.493 e.